The lowest BCUT2D eigenvalue weighted by Crippen LogP contribution is -2.43. The highest BCUT2D eigenvalue weighted by Gasteiger charge is 2.37. The van der Waals surface area contributed by atoms with Crippen LogP contribution in [0.1, 0.15) is 31.9 Å². The van der Waals surface area contributed by atoms with Crippen LogP contribution in [0.25, 0.3) is 0 Å². The molecule has 0 spiro atoms. The fraction of sp³-hybridized carbons (Fsp3) is 0.538. The molecular weight excluding hydrogens is 248 g/mol. The monoisotopic (exact) mass is 266 g/mol. The van der Waals surface area contributed by atoms with E-state index in [-0.39, 0.29) is 11.7 Å². The van der Waals surface area contributed by atoms with E-state index in [2.05, 4.69) is 5.32 Å². The average Bonchev–Trinajstić information content (AvgIpc) is 2.81. The molecule has 0 radical (unpaired) electrons. The topological polar surface area (TPSA) is 84.6 Å². The molecular formula is C13H18N2O4. The molecule has 3 atom stereocenters. The fourth-order valence-corrected chi connectivity index (χ4v) is 2.15. The third-order valence-corrected chi connectivity index (χ3v) is 3.57. The summed E-state index contributed by atoms with van der Waals surface area (Å²) in [4.78, 5) is 10.1. The molecule has 2 rings (SSSR count). The van der Waals surface area contributed by atoms with Crippen LogP contribution in [0.4, 0.5) is 5.69 Å². The summed E-state index contributed by atoms with van der Waals surface area (Å²) in [6.45, 7) is 4.37. The number of nitrogens with one attached hydrogen (secondary N) is 1. The molecule has 0 amide bonds. The number of non-ortho nitro benzene ring substituents is 1. The number of hydrogen-bond donors (Lipinski definition) is 2. The molecule has 1 aliphatic heterocycles. The van der Waals surface area contributed by atoms with Crippen LogP contribution in [0.3, 0.4) is 0 Å². The first kappa shape index (κ1) is 13.9. The van der Waals surface area contributed by atoms with Crippen LogP contribution >= 0.6 is 0 Å². The van der Waals surface area contributed by atoms with Crippen LogP contribution in [0.15, 0.2) is 24.3 Å². The highest BCUT2D eigenvalue weighted by Crippen LogP contribution is 2.27. The van der Waals surface area contributed by atoms with Crippen molar-refractivity contribution < 1.29 is 14.8 Å². The summed E-state index contributed by atoms with van der Waals surface area (Å²) in [5, 5.41) is 24.1. The molecule has 1 unspecified atom stereocenters. The first-order chi connectivity index (χ1) is 8.95. The molecule has 1 saturated heterocycles. The van der Waals surface area contributed by atoms with Gasteiger partial charge in [-0.1, -0.05) is 6.92 Å². The summed E-state index contributed by atoms with van der Waals surface area (Å²) in [5.41, 5.74) is 0.254. The van der Waals surface area contributed by atoms with Crippen molar-refractivity contribution in [3.8, 4) is 0 Å². The zero-order chi connectivity index (χ0) is 14.0. The maximum absolute atomic E-state index is 10.6. The molecule has 1 aromatic carbocycles. The molecule has 19 heavy (non-hydrogen) atoms. The number of aliphatic hydroxyl groups excluding tert-OH is 1. The second-order valence-corrected chi connectivity index (χ2v) is 4.94. The standard InChI is InChI=1S/C13H18N2O4/c1-3-13(2)14-11(8-19-13)12(16)9-4-6-10(7-5-9)15(17)18/h4-7,11-12,14,16H,3,8H2,1-2H3/t11-,12-,13?/m0/s1. The summed E-state index contributed by atoms with van der Waals surface area (Å²) in [5.74, 6) is 0. The SMILES string of the molecule is CCC1(C)N[C@H]([C@@H](O)c2ccc([N+](=O)[O-])cc2)CO1. The first-order valence-electron chi connectivity index (χ1n) is 6.29. The molecule has 0 aromatic heterocycles. The minimum absolute atomic E-state index is 0.0185. The maximum Gasteiger partial charge on any atom is 0.269 e. The van der Waals surface area contributed by atoms with Crippen molar-refractivity contribution in [2.24, 2.45) is 0 Å². The number of rotatable bonds is 4. The van der Waals surface area contributed by atoms with Gasteiger partial charge in [-0.3, -0.25) is 15.4 Å². The van der Waals surface area contributed by atoms with Gasteiger partial charge in [-0.15, -0.1) is 0 Å². The van der Waals surface area contributed by atoms with E-state index >= 15 is 0 Å². The highest BCUT2D eigenvalue weighted by molar-refractivity contribution is 5.34. The van der Waals surface area contributed by atoms with Crippen molar-refractivity contribution in [3.63, 3.8) is 0 Å². The highest BCUT2D eigenvalue weighted by atomic mass is 16.6. The zero-order valence-electron chi connectivity index (χ0n) is 11.0. The van der Waals surface area contributed by atoms with Gasteiger partial charge in [0.2, 0.25) is 0 Å². The van der Waals surface area contributed by atoms with Gasteiger partial charge < -0.3 is 9.84 Å². The Labute approximate surface area is 111 Å². The molecule has 1 aliphatic rings. The van der Waals surface area contributed by atoms with Crippen LogP contribution in [0.5, 0.6) is 0 Å². The van der Waals surface area contributed by atoms with Gasteiger partial charge in [0.05, 0.1) is 23.7 Å². The van der Waals surface area contributed by atoms with Crippen LogP contribution < -0.4 is 5.32 Å². The Morgan fingerprint density at radius 1 is 1.58 bits per heavy atom. The zero-order valence-corrected chi connectivity index (χ0v) is 11.0. The van der Waals surface area contributed by atoms with Crippen molar-refractivity contribution in [1.29, 1.82) is 0 Å². The van der Waals surface area contributed by atoms with Gasteiger partial charge in [0.25, 0.3) is 5.69 Å². The minimum atomic E-state index is -0.742. The van der Waals surface area contributed by atoms with Crippen molar-refractivity contribution in [1.82, 2.24) is 5.32 Å². The Hall–Kier alpha value is -1.50. The number of benzene rings is 1. The summed E-state index contributed by atoms with van der Waals surface area (Å²) >= 11 is 0. The van der Waals surface area contributed by atoms with E-state index in [1.54, 1.807) is 12.1 Å². The normalized spacial score (nSPS) is 28.3. The van der Waals surface area contributed by atoms with Gasteiger partial charge in [0.15, 0.2) is 0 Å². The Balaban J connectivity index is 2.08. The summed E-state index contributed by atoms with van der Waals surface area (Å²) in [6, 6.07) is 5.74. The van der Waals surface area contributed by atoms with Gasteiger partial charge in [0.1, 0.15) is 5.72 Å². The van der Waals surface area contributed by atoms with Crippen molar-refractivity contribution >= 4 is 5.69 Å². The van der Waals surface area contributed by atoms with Crippen molar-refractivity contribution in [2.45, 2.75) is 38.1 Å². The number of nitro benzene ring substituents is 1. The predicted molar refractivity (Wildman–Crippen MR) is 69.6 cm³/mol. The second kappa shape index (κ2) is 5.24. The van der Waals surface area contributed by atoms with Gasteiger partial charge in [-0.25, -0.2) is 0 Å². The summed E-state index contributed by atoms with van der Waals surface area (Å²) in [6.07, 6.45) is 0.0606. The molecule has 1 fully saturated rings. The van der Waals surface area contributed by atoms with Crippen LogP contribution in [-0.4, -0.2) is 28.4 Å². The van der Waals surface area contributed by atoms with E-state index < -0.39 is 16.8 Å². The molecule has 1 heterocycles. The molecule has 104 valence electrons. The van der Waals surface area contributed by atoms with E-state index in [9.17, 15) is 15.2 Å². The number of nitro groups is 1. The lowest BCUT2D eigenvalue weighted by atomic mass is 10.0. The Kier molecular flexibility index (Phi) is 3.84. The molecule has 1 aromatic rings. The molecule has 0 bridgehead atoms. The van der Waals surface area contributed by atoms with Crippen LogP contribution in [0.2, 0.25) is 0 Å². The summed E-state index contributed by atoms with van der Waals surface area (Å²) in [7, 11) is 0. The molecule has 2 N–H and O–H groups in total. The lowest BCUT2D eigenvalue weighted by molar-refractivity contribution is -0.384. The third kappa shape index (κ3) is 2.91. The number of hydrogen-bond acceptors (Lipinski definition) is 5. The van der Waals surface area contributed by atoms with E-state index in [0.29, 0.717) is 12.2 Å². The van der Waals surface area contributed by atoms with Gasteiger partial charge in [-0.05, 0) is 31.0 Å². The summed E-state index contributed by atoms with van der Waals surface area (Å²) < 4.78 is 5.63. The minimum Gasteiger partial charge on any atom is -0.387 e. The molecule has 0 saturated carbocycles. The molecule has 6 heteroatoms. The van der Waals surface area contributed by atoms with E-state index in [0.717, 1.165) is 6.42 Å². The molecule has 0 aliphatic carbocycles. The number of aliphatic hydroxyl groups is 1. The Morgan fingerprint density at radius 3 is 2.68 bits per heavy atom. The van der Waals surface area contributed by atoms with E-state index in [1.165, 1.54) is 12.1 Å². The van der Waals surface area contributed by atoms with Crippen LogP contribution in [0, 0.1) is 10.1 Å². The quantitative estimate of drug-likeness (QED) is 0.640. The van der Waals surface area contributed by atoms with Crippen molar-refractivity contribution in [2.75, 3.05) is 6.61 Å². The lowest BCUT2D eigenvalue weighted by Gasteiger charge is -2.24. The largest absolute Gasteiger partial charge is 0.387 e. The van der Waals surface area contributed by atoms with Crippen LogP contribution in [-0.2, 0) is 4.74 Å². The van der Waals surface area contributed by atoms with E-state index in [4.69, 9.17) is 4.74 Å². The number of ether oxygens (including phenoxy) is 1. The Morgan fingerprint density at radius 2 is 2.21 bits per heavy atom. The Bertz CT molecular complexity index is 462. The maximum atomic E-state index is 10.6. The molecule has 6 nitrogen and oxygen atoms in total. The average molecular weight is 266 g/mol. The van der Waals surface area contributed by atoms with Gasteiger partial charge >= 0.3 is 0 Å². The fourth-order valence-electron chi connectivity index (χ4n) is 2.15. The van der Waals surface area contributed by atoms with E-state index in [1.807, 2.05) is 13.8 Å². The first-order valence-corrected chi connectivity index (χ1v) is 6.29. The van der Waals surface area contributed by atoms with Crippen molar-refractivity contribution in [3.05, 3.63) is 39.9 Å². The number of nitrogens with zero attached hydrogens (tertiary/aromatic N) is 1. The van der Waals surface area contributed by atoms with Gasteiger partial charge in [-0.2, -0.15) is 0 Å². The second-order valence-electron chi connectivity index (χ2n) is 4.94. The smallest absolute Gasteiger partial charge is 0.269 e. The third-order valence-electron chi connectivity index (χ3n) is 3.57. The van der Waals surface area contributed by atoms with Gasteiger partial charge in [0, 0.05) is 12.1 Å². The predicted octanol–water partition coefficient (Wildman–Crippen LogP) is 1.74.